The summed E-state index contributed by atoms with van der Waals surface area (Å²) < 4.78 is 5.67. The lowest BCUT2D eigenvalue weighted by atomic mass is 9.92. The second-order valence-corrected chi connectivity index (χ2v) is 7.24. The maximum absolute atomic E-state index is 13.1. The number of hydrogen-bond acceptors (Lipinski definition) is 6. The largest absolute Gasteiger partial charge is 0.504 e. The smallest absolute Gasteiger partial charge is 0.345 e. The average molecular weight is 475 g/mol. The van der Waals surface area contributed by atoms with Crippen molar-refractivity contribution in [3.63, 3.8) is 0 Å². The number of carbonyl (C=O) groups is 3. The zero-order valence-electron chi connectivity index (χ0n) is 14.7. The Labute approximate surface area is 179 Å². The van der Waals surface area contributed by atoms with Crippen LogP contribution in [-0.2, 0) is 9.53 Å². The van der Waals surface area contributed by atoms with Crippen LogP contribution in [0.3, 0.4) is 0 Å². The van der Waals surface area contributed by atoms with Gasteiger partial charge in [0.1, 0.15) is 5.92 Å². The van der Waals surface area contributed by atoms with Gasteiger partial charge in [-0.2, -0.15) is 0 Å². The number of hydrogen-bond donors (Lipinski definition) is 1. The first-order valence-corrected chi connectivity index (χ1v) is 9.50. The fourth-order valence-corrected chi connectivity index (χ4v) is 2.99. The van der Waals surface area contributed by atoms with Crippen molar-refractivity contribution in [1.82, 2.24) is 4.98 Å². The highest BCUT2D eigenvalue weighted by molar-refractivity contribution is 9.10. The topological polar surface area (TPSA) is 93.6 Å². The van der Waals surface area contributed by atoms with Crippen molar-refractivity contribution in [2.45, 2.75) is 5.92 Å². The molecule has 1 unspecified atom stereocenters. The van der Waals surface area contributed by atoms with Crippen LogP contribution in [0.1, 0.15) is 32.3 Å². The summed E-state index contributed by atoms with van der Waals surface area (Å²) in [5.41, 5.74) is 0.0337. The van der Waals surface area contributed by atoms with E-state index >= 15 is 0 Å². The molecule has 0 aliphatic heterocycles. The van der Waals surface area contributed by atoms with Crippen molar-refractivity contribution in [2.24, 2.45) is 0 Å². The minimum Gasteiger partial charge on any atom is -0.504 e. The van der Waals surface area contributed by atoms with E-state index in [-0.39, 0.29) is 16.1 Å². The van der Waals surface area contributed by atoms with Crippen molar-refractivity contribution in [3.05, 3.63) is 93.2 Å². The summed E-state index contributed by atoms with van der Waals surface area (Å²) in [6.07, 6.45) is 1.23. The molecule has 1 heterocycles. The van der Waals surface area contributed by atoms with Gasteiger partial charge in [-0.15, -0.1) is 0 Å². The van der Waals surface area contributed by atoms with Crippen molar-refractivity contribution in [2.75, 3.05) is 0 Å². The Balaban J connectivity index is 1.98. The Morgan fingerprint density at radius 2 is 1.66 bits per heavy atom. The van der Waals surface area contributed by atoms with Crippen molar-refractivity contribution >= 4 is 45.3 Å². The predicted octanol–water partition coefficient (Wildman–Crippen LogP) is 4.55. The highest BCUT2D eigenvalue weighted by Crippen LogP contribution is 2.31. The first-order valence-electron chi connectivity index (χ1n) is 8.32. The van der Waals surface area contributed by atoms with Crippen LogP contribution in [0.5, 0.6) is 5.75 Å². The number of benzene rings is 2. The molecule has 29 heavy (non-hydrogen) atoms. The quantitative estimate of drug-likeness (QED) is 0.331. The standard InChI is InChI=1S/C21H13BrClNO5/c22-14-8-6-12(7-9-14)16(19(26)17-18(25)15(23)10-11-24-17)21(28)29-20(27)13-4-2-1-3-5-13/h1-11,16,25H. The van der Waals surface area contributed by atoms with Crippen LogP contribution in [0, 0.1) is 0 Å². The average Bonchev–Trinajstić information content (AvgIpc) is 2.72. The van der Waals surface area contributed by atoms with Crippen molar-refractivity contribution in [3.8, 4) is 5.75 Å². The van der Waals surface area contributed by atoms with Crippen LogP contribution in [-0.4, -0.2) is 27.8 Å². The summed E-state index contributed by atoms with van der Waals surface area (Å²) in [7, 11) is 0. The SMILES string of the molecule is O=C(OC(=O)C(C(=O)c1nccc(Cl)c1O)c1ccc(Br)cc1)c1ccccc1. The lowest BCUT2D eigenvalue weighted by Crippen LogP contribution is -2.27. The van der Waals surface area contributed by atoms with Gasteiger partial charge in [-0.1, -0.05) is 57.9 Å². The highest BCUT2D eigenvalue weighted by atomic mass is 79.9. The van der Waals surface area contributed by atoms with Gasteiger partial charge in [0.25, 0.3) is 0 Å². The van der Waals surface area contributed by atoms with Gasteiger partial charge in [0.05, 0.1) is 10.6 Å². The Morgan fingerprint density at radius 3 is 2.31 bits per heavy atom. The third-order valence-electron chi connectivity index (χ3n) is 4.01. The van der Waals surface area contributed by atoms with Crippen LogP contribution in [0.4, 0.5) is 0 Å². The summed E-state index contributed by atoms with van der Waals surface area (Å²) in [4.78, 5) is 42.0. The van der Waals surface area contributed by atoms with Gasteiger partial charge in [0, 0.05) is 10.7 Å². The summed E-state index contributed by atoms with van der Waals surface area (Å²) >= 11 is 9.14. The molecule has 3 aromatic rings. The fourth-order valence-electron chi connectivity index (χ4n) is 2.58. The normalized spacial score (nSPS) is 11.5. The minimum absolute atomic E-state index is 0.0911. The molecular weight excluding hydrogens is 462 g/mol. The number of nitrogens with zero attached hydrogens (tertiary/aromatic N) is 1. The number of esters is 2. The van der Waals surface area contributed by atoms with E-state index in [2.05, 4.69) is 20.9 Å². The van der Waals surface area contributed by atoms with Gasteiger partial charge in [-0.3, -0.25) is 9.59 Å². The van der Waals surface area contributed by atoms with E-state index in [0.29, 0.717) is 0 Å². The second-order valence-electron chi connectivity index (χ2n) is 5.91. The first-order chi connectivity index (χ1) is 13.9. The number of ether oxygens (including phenoxy) is 1. The predicted molar refractivity (Wildman–Crippen MR) is 109 cm³/mol. The molecule has 8 heteroatoms. The molecule has 1 N–H and O–H groups in total. The van der Waals surface area contributed by atoms with Crippen LogP contribution in [0.25, 0.3) is 0 Å². The third kappa shape index (κ3) is 4.70. The number of pyridine rings is 1. The van der Waals surface area contributed by atoms with Gasteiger partial charge in [-0.05, 0) is 35.9 Å². The summed E-state index contributed by atoms with van der Waals surface area (Å²) in [5.74, 6) is -4.91. The van der Waals surface area contributed by atoms with Gasteiger partial charge in [0.15, 0.2) is 11.4 Å². The lowest BCUT2D eigenvalue weighted by Gasteiger charge is -2.15. The number of carbonyl (C=O) groups excluding carboxylic acids is 3. The van der Waals surface area contributed by atoms with E-state index in [1.54, 1.807) is 30.3 Å². The molecule has 1 aromatic heterocycles. The molecule has 0 fully saturated rings. The molecule has 6 nitrogen and oxygen atoms in total. The Morgan fingerprint density at radius 1 is 1.00 bits per heavy atom. The summed E-state index contributed by atoms with van der Waals surface area (Å²) in [6, 6.07) is 15.5. The van der Waals surface area contributed by atoms with E-state index in [1.165, 1.54) is 36.5 Å². The van der Waals surface area contributed by atoms with Crippen LogP contribution >= 0.6 is 27.5 Å². The van der Waals surface area contributed by atoms with Crippen LogP contribution in [0.15, 0.2) is 71.3 Å². The van der Waals surface area contributed by atoms with Gasteiger partial charge < -0.3 is 9.84 Å². The summed E-state index contributed by atoms with van der Waals surface area (Å²) in [6.45, 7) is 0. The van der Waals surface area contributed by atoms with Gasteiger partial charge in [-0.25, -0.2) is 9.78 Å². The molecule has 1 atom stereocenters. The fraction of sp³-hybridized carbons (Fsp3) is 0.0476. The van der Waals surface area contributed by atoms with E-state index < -0.39 is 35.1 Å². The molecule has 0 radical (unpaired) electrons. The van der Waals surface area contributed by atoms with Gasteiger partial charge in [0.2, 0.25) is 5.78 Å². The van der Waals surface area contributed by atoms with E-state index in [0.717, 1.165) is 4.47 Å². The molecule has 2 aromatic carbocycles. The maximum Gasteiger partial charge on any atom is 0.345 e. The Bertz CT molecular complexity index is 1070. The number of rotatable bonds is 5. The molecule has 146 valence electrons. The molecule has 0 bridgehead atoms. The van der Waals surface area contributed by atoms with Gasteiger partial charge >= 0.3 is 11.9 Å². The summed E-state index contributed by atoms with van der Waals surface area (Å²) in [5, 5.41) is 10.0. The van der Waals surface area contributed by atoms with E-state index in [1.807, 2.05) is 0 Å². The maximum atomic E-state index is 13.1. The molecule has 0 saturated heterocycles. The third-order valence-corrected chi connectivity index (χ3v) is 4.85. The first kappa shape index (κ1) is 20.7. The molecule has 3 rings (SSSR count). The highest BCUT2D eigenvalue weighted by Gasteiger charge is 2.35. The number of aromatic nitrogens is 1. The Kier molecular flexibility index (Phi) is 6.41. The molecule has 0 aliphatic carbocycles. The molecular formula is C21H13BrClNO5. The lowest BCUT2D eigenvalue weighted by molar-refractivity contribution is -0.138. The zero-order valence-corrected chi connectivity index (χ0v) is 17.1. The zero-order chi connectivity index (χ0) is 21.0. The molecule has 0 spiro atoms. The van der Waals surface area contributed by atoms with Crippen LogP contribution < -0.4 is 0 Å². The van der Waals surface area contributed by atoms with Crippen molar-refractivity contribution in [1.29, 1.82) is 0 Å². The molecule has 0 saturated carbocycles. The molecule has 0 amide bonds. The second kappa shape index (κ2) is 8.98. The minimum atomic E-state index is -1.52. The number of Topliss-reactive ketones (excluding diaryl/α,β-unsaturated/α-hetero) is 1. The number of halogens is 2. The van der Waals surface area contributed by atoms with E-state index in [9.17, 15) is 19.5 Å². The number of ketones is 1. The molecule has 0 aliphatic rings. The van der Waals surface area contributed by atoms with Crippen molar-refractivity contribution < 1.29 is 24.2 Å². The van der Waals surface area contributed by atoms with E-state index in [4.69, 9.17) is 16.3 Å². The van der Waals surface area contributed by atoms with Crippen LogP contribution in [0.2, 0.25) is 5.02 Å². The number of aromatic hydroxyl groups is 1. The Hall–Kier alpha value is -3.03. The monoisotopic (exact) mass is 473 g/mol.